The van der Waals surface area contributed by atoms with E-state index in [-0.39, 0.29) is 11.5 Å². The Balaban J connectivity index is 2.44. The minimum Gasteiger partial charge on any atom is -0.334 e. The molecular formula is C12H9Br2N3O2. The van der Waals surface area contributed by atoms with Crippen molar-refractivity contribution in [1.29, 1.82) is 0 Å². The first-order valence-corrected chi connectivity index (χ1v) is 6.89. The van der Waals surface area contributed by atoms with Gasteiger partial charge in [0.1, 0.15) is 0 Å². The second kappa shape index (κ2) is 5.66. The van der Waals surface area contributed by atoms with Crippen molar-refractivity contribution in [2.75, 3.05) is 5.32 Å². The van der Waals surface area contributed by atoms with Crippen molar-refractivity contribution < 1.29 is 4.92 Å². The summed E-state index contributed by atoms with van der Waals surface area (Å²) in [4.78, 5) is 14.6. The van der Waals surface area contributed by atoms with Crippen LogP contribution in [0.4, 0.5) is 17.2 Å². The SMILES string of the molecule is Cc1c(Br)cccc1Nc1ncc(Br)cc1[N+](=O)[O-]. The number of nitro groups is 1. The number of benzene rings is 1. The molecule has 0 aliphatic carbocycles. The topological polar surface area (TPSA) is 68.1 Å². The van der Waals surface area contributed by atoms with Gasteiger partial charge in [0.15, 0.2) is 0 Å². The number of rotatable bonds is 3. The van der Waals surface area contributed by atoms with Crippen LogP contribution in [0, 0.1) is 17.0 Å². The number of hydrogen-bond donors (Lipinski definition) is 1. The summed E-state index contributed by atoms with van der Waals surface area (Å²) in [5, 5.41) is 14.0. The molecule has 7 heteroatoms. The third-order valence-electron chi connectivity index (χ3n) is 2.55. The minimum atomic E-state index is -0.465. The summed E-state index contributed by atoms with van der Waals surface area (Å²) in [7, 11) is 0. The van der Waals surface area contributed by atoms with Gasteiger partial charge in [0.05, 0.1) is 4.92 Å². The number of pyridine rings is 1. The molecule has 0 bridgehead atoms. The van der Waals surface area contributed by atoms with Gasteiger partial charge in [0, 0.05) is 26.9 Å². The normalized spacial score (nSPS) is 10.3. The van der Waals surface area contributed by atoms with Crippen LogP contribution in [0.2, 0.25) is 0 Å². The van der Waals surface area contributed by atoms with Gasteiger partial charge >= 0.3 is 5.69 Å². The zero-order valence-corrected chi connectivity index (χ0v) is 13.0. The van der Waals surface area contributed by atoms with Crippen molar-refractivity contribution >= 4 is 49.1 Å². The van der Waals surface area contributed by atoms with Crippen molar-refractivity contribution in [3.8, 4) is 0 Å². The van der Waals surface area contributed by atoms with Crippen molar-refractivity contribution in [2.45, 2.75) is 6.92 Å². The second-order valence-corrected chi connectivity index (χ2v) is 5.59. The number of nitrogens with zero attached hydrogens (tertiary/aromatic N) is 2. The molecule has 0 aliphatic rings. The molecular weight excluding hydrogens is 378 g/mol. The highest BCUT2D eigenvalue weighted by molar-refractivity contribution is 9.10. The highest BCUT2D eigenvalue weighted by atomic mass is 79.9. The molecule has 2 aromatic rings. The van der Waals surface area contributed by atoms with Crippen molar-refractivity contribution in [3.05, 3.63) is 55.1 Å². The Morgan fingerprint density at radius 2 is 2.11 bits per heavy atom. The largest absolute Gasteiger partial charge is 0.334 e. The maximum Gasteiger partial charge on any atom is 0.312 e. The monoisotopic (exact) mass is 385 g/mol. The Kier molecular flexibility index (Phi) is 4.16. The predicted molar refractivity (Wildman–Crippen MR) is 80.8 cm³/mol. The van der Waals surface area contributed by atoms with Gasteiger partial charge in [-0.3, -0.25) is 10.1 Å². The van der Waals surface area contributed by atoms with Crippen molar-refractivity contribution in [1.82, 2.24) is 4.98 Å². The lowest BCUT2D eigenvalue weighted by molar-refractivity contribution is -0.384. The fourth-order valence-corrected chi connectivity index (χ4v) is 2.22. The summed E-state index contributed by atoms with van der Waals surface area (Å²) in [6.07, 6.45) is 1.52. The van der Waals surface area contributed by atoms with Crippen LogP contribution >= 0.6 is 31.9 Å². The Hall–Kier alpha value is -1.47. The molecule has 0 spiro atoms. The molecule has 98 valence electrons. The molecule has 0 saturated carbocycles. The third kappa shape index (κ3) is 3.10. The van der Waals surface area contributed by atoms with E-state index in [0.717, 1.165) is 15.7 Å². The van der Waals surface area contributed by atoms with Gasteiger partial charge in [-0.15, -0.1) is 0 Å². The maximum absolute atomic E-state index is 11.0. The average molecular weight is 387 g/mol. The van der Waals surface area contributed by atoms with E-state index in [0.29, 0.717) is 4.47 Å². The molecule has 0 fully saturated rings. The highest BCUT2D eigenvalue weighted by Gasteiger charge is 2.16. The lowest BCUT2D eigenvalue weighted by atomic mass is 10.2. The summed E-state index contributed by atoms with van der Waals surface area (Å²) in [6, 6.07) is 7.02. The number of hydrogen-bond acceptors (Lipinski definition) is 4. The molecule has 1 heterocycles. The van der Waals surface area contributed by atoms with E-state index in [1.807, 2.05) is 25.1 Å². The molecule has 0 saturated heterocycles. The Bertz CT molecular complexity index is 647. The van der Waals surface area contributed by atoms with Crippen LogP contribution in [0.3, 0.4) is 0 Å². The molecule has 0 radical (unpaired) electrons. The Morgan fingerprint density at radius 1 is 1.37 bits per heavy atom. The summed E-state index contributed by atoms with van der Waals surface area (Å²) < 4.78 is 1.49. The van der Waals surface area contributed by atoms with Crippen molar-refractivity contribution in [3.63, 3.8) is 0 Å². The van der Waals surface area contributed by atoms with E-state index in [4.69, 9.17) is 0 Å². The molecule has 19 heavy (non-hydrogen) atoms. The van der Waals surface area contributed by atoms with E-state index < -0.39 is 4.92 Å². The zero-order chi connectivity index (χ0) is 14.0. The average Bonchev–Trinajstić information content (AvgIpc) is 2.36. The first kappa shape index (κ1) is 14.0. The summed E-state index contributed by atoms with van der Waals surface area (Å²) in [5.74, 6) is 0.217. The van der Waals surface area contributed by atoms with Crippen LogP contribution in [0.15, 0.2) is 39.4 Å². The minimum absolute atomic E-state index is 0.0752. The summed E-state index contributed by atoms with van der Waals surface area (Å²) >= 11 is 6.59. The molecule has 1 aromatic carbocycles. The first-order valence-electron chi connectivity index (χ1n) is 5.31. The summed E-state index contributed by atoms with van der Waals surface area (Å²) in [5.41, 5.74) is 1.66. The number of anilines is 2. The number of halogens is 2. The van der Waals surface area contributed by atoms with E-state index >= 15 is 0 Å². The molecule has 0 unspecified atom stereocenters. The molecule has 1 N–H and O–H groups in total. The quantitative estimate of drug-likeness (QED) is 0.619. The van der Waals surface area contributed by atoms with E-state index in [9.17, 15) is 10.1 Å². The van der Waals surface area contributed by atoms with E-state index in [1.165, 1.54) is 12.3 Å². The van der Waals surface area contributed by atoms with E-state index in [2.05, 4.69) is 42.2 Å². The fourth-order valence-electron chi connectivity index (χ4n) is 1.53. The smallest absolute Gasteiger partial charge is 0.312 e. The highest BCUT2D eigenvalue weighted by Crippen LogP contribution is 2.31. The zero-order valence-electron chi connectivity index (χ0n) is 9.85. The van der Waals surface area contributed by atoms with Crippen LogP contribution < -0.4 is 5.32 Å². The van der Waals surface area contributed by atoms with Crippen molar-refractivity contribution in [2.24, 2.45) is 0 Å². The van der Waals surface area contributed by atoms with Gasteiger partial charge in [0.2, 0.25) is 5.82 Å². The lowest BCUT2D eigenvalue weighted by Gasteiger charge is -2.10. The summed E-state index contributed by atoms with van der Waals surface area (Å²) in [6.45, 7) is 1.91. The number of aromatic nitrogens is 1. The third-order valence-corrected chi connectivity index (χ3v) is 3.84. The van der Waals surface area contributed by atoms with Crippen LogP contribution in [-0.4, -0.2) is 9.91 Å². The molecule has 1 aromatic heterocycles. The molecule has 0 atom stereocenters. The fraction of sp³-hybridized carbons (Fsp3) is 0.0833. The predicted octanol–water partition coefficient (Wildman–Crippen LogP) is 4.57. The van der Waals surface area contributed by atoms with Gasteiger partial charge in [-0.2, -0.15) is 0 Å². The molecule has 0 amide bonds. The molecule has 2 rings (SSSR count). The van der Waals surface area contributed by atoms with Crippen LogP contribution in [0.5, 0.6) is 0 Å². The van der Waals surface area contributed by atoms with Gasteiger partial charge in [-0.25, -0.2) is 4.98 Å². The molecule has 0 aliphatic heterocycles. The lowest BCUT2D eigenvalue weighted by Crippen LogP contribution is -2.01. The maximum atomic E-state index is 11.0. The van der Waals surface area contributed by atoms with Crippen LogP contribution in [0.1, 0.15) is 5.56 Å². The van der Waals surface area contributed by atoms with Gasteiger partial charge in [0.25, 0.3) is 0 Å². The van der Waals surface area contributed by atoms with Gasteiger partial charge in [-0.1, -0.05) is 22.0 Å². The van der Waals surface area contributed by atoms with E-state index in [1.54, 1.807) is 0 Å². The standard InChI is InChI=1S/C12H9Br2N3O2/c1-7-9(14)3-2-4-10(7)16-12-11(17(18)19)5-8(13)6-15-12/h2-6H,1H3,(H,15,16). The Labute approximate surface area is 126 Å². The Morgan fingerprint density at radius 3 is 2.79 bits per heavy atom. The second-order valence-electron chi connectivity index (χ2n) is 3.82. The van der Waals surface area contributed by atoms with Crippen LogP contribution in [-0.2, 0) is 0 Å². The first-order chi connectivity index (χ1) is 8.99. The van der Waals surface area contributed by atoms with Gasteiger partial charge in [-0.05, 0) is 40.5 Å². The van der Waals surface area contributed by atoms with Gasteiger partial charge < -0.3 is 5.32 Å². The molecule has 5 nitrogen and oxygen atoms in total. The van der Waals surface area contributed by atoms with Crippen LogP contribution in [0.25, 0.3) is 0 Å². The number of nitrogens with one attached hydrogen (secondary N) is 1.